The molecule has 0 aromatic heterocycles. The van der Waals surface area contributed by atoms with Crippen LogP contribution in [0.4, 0.5) is 0 Å². The minimum Gasteiger partial charge on any atom is -0.353 e. The molecule has 0 radical (unpaired) electrons. The highest BCUT2D eigenvalue weighted by atomic mass is 16.1. The lowest BCUT2D eigenvalue weighted by atomic mass is 10.0. The van der Waals surface area contributed by atoms with Crippen molar-refractivity contribution in [1.29, 1.82) is 0 Å². The number of unbranched alkanes of at least 4 members (excludes halogenated alkanes) is 5. The predicted octanol–water partition coefficient (Wildman–Crippen LogP) is 5.26. The summed E-state index contributed by atoms with van der Waals surface area (Å²) in [5.41, 5.74) is 1.09. The minimum absolute atomic E-state index is 0.163. The van der Waals surface area contributed by atoms with Crippen LogP contribution in [0.15, 0.2) is 30.3 Å². The molecule has 1 unspecified atom stereocenters. The van der Waals surface area contributed by atoms with Crippen LogP contribution in [0.25, 0.3) is 0 Å². The Morgan fingerprint density at radius 2 is 1.59 bits per heavy atom. The topological polar surface area (TPSA) is 29.1 Å². The summed E-state index contributed by atoms with van der Waals surface area (Å²) in [6.45, 7) is 4.44. The Labute approximate surface area is 136 Å². The smallest absolute Gasteiger partial charge is 0.224 e. The minimum atomic E-state index is 0.163. The third-order valence-corrected chi connectivity index (χ3v) is 4.12. The zero-order valence-electron chi connectivity index (χ0n) is 14.4. The Balaban J connectivity index is 2.25. The van der Waals surface area contributed by atoms with E-state index < -0.39 is 0 Å². The molecule has 0 saturated carbocycles. The van der Waals surface area contributed by atoms with Gasteiger partial charge in [0.1, 0.15) is 0 Å². The Morgan fingerprint density at radius 1 is 0.909 bits per heavy atom. The molecule has 1 atom stereocenters. The van der Waals surface area contributed by atoms with Gasteiger partial charge in [0.2, 0.25) is 5.91 Å². The molecule has 0 fully saturated rings. The summed E-state index contributed by atoms with van der Waals surface area (Å²) >= 11 is 0. The van der Waals surface area contributed by atoms with Crippen molar-refractivity contribution < 1.29 is 4.79 Å². The van der Waals surface area contributed by atoms with E-state index in [0.717, 1.165) is 24.8 Å². The van der Waals surface area contributed by atoms with E-state index in [1.165, 1.54) is 38.5 Å². The van der Waals surface area contributed by atoms with E-state index in [-0.39, 0.29) is 5.91 Å². The van der Waals surface area contributed by atoms with Gasteiger partial charge in [0.15, 0.2) is 0 Å². The Morgan fingerprint density at radius 3 is 2.27 bits per heavy atom. The summed E-state index contributed by atoms with van der Waals surface area (Å²) in [7, 11) is 0. The molecule has 1 rings (SSSR count). The molecule has 0 aliphatic carbocycles. The number of benzene rings is 1. The van der Waals surface area contributed by atoms with Gasteiger partial charge in [-0.15, -0.1) is 0 Å². The van der Waals surface area contributed by atoms with Crippen molar-refractivity contribution in [2.45, 2.75) is 84.1 Å². The first-order chi connectivity index (χ1) is 10.8. The molecule has 0 bridgehead atoms. The zero-order valence-corrected chi connectivity index (χ0v) is 14.4. The van der Waals surface area contributed by atoms with Crippen LogP contribution in [-0.2, 0) is 11.2 Å². The number of rotatable bonds is 12. The van der Waals surface area contributed by atoms with Gasteiger partial charge in [-0.25, -0.2) is 0 Å². The lowest BCUT2D eigenvalue weighted by Gasteiger charge is -2.18. The third kappa shape index (κ3) is 8.86. The molecule has 0 heterocycles. The van der Waals surface area contributed by atoms with Crippen molar-refractivity contribution in [1.82, 2.24) is 5.32 Å². The van der Waals surface area contributed by atoms with Gasteiger partial charge < -0.3 is 5.32 Å². The first-order valence-electron chi connectivity index (χ1n) is 9.09. The van der Waals surface area contributed by atoms with E-state index >= 15 is 0 Å². The number of nitrogens with one attached hydrogen (secondary N) is 1. The molecule has 1 N–H and O–H groups in total. The summed E-state index contributed by atoms with van der Waals surface area (Å²) in [5, 5.41) is 3.23. The summed E-state index contributed by atoms with van der Waals surface area (Å²) in [6, 6.07) is 10.3. The second-order valence-electron chi connectivity index (χ2n) is 6.27. The summed E-state index contributed by atoms with van der Waals surface area (Å²) in [6.07, 6.45) is 11.7. The highest BCUT2D eigenvalue weighted by molar-refractivity contribution is 5.78. The fourth-order valence-electron chi connectivity index (χ4n) is 2.87. The van der Waals surface area contributed by atoms with Crippen LogP contribution >= 0.6 is 0 Å². The maximum atomic E-state index is 12.2. The van der Waals surface area contributed by atoms with Gasteiger partial charge in [0.25, 0.3) is 0 Å². The predicted molar refractivity (Wildman–Crippen MR) is 95.0 cm³/mol. The van der Waals surface area contributed by atoms with E-state index in [1.807, 2.05) is 30.3 Å². The Hall–Kier alpha value is -1.31. The molecular formula is C20H33NO. The number of carbonyl (C=O) groups is 1. The fraction of sp³-hybridized carbons (Fsp3) is 0.650. The monoisotopic (exact) mass is 303 g/mol. The average Bonchev–Trinajstić information content (AvgIpc) is 2.51. The van der Waals surface area contributed by atoms with Crippen LogP contribution in [0.3, 0.4) is 0 Å². The molecule has 2 nitrogen and oxygen atoms in total. The summed E-state index contributed by atoms with van der Waals surface area (Å²) in [4.78, 5) is 12.2. The van der Waals surface area contributed by atoms with Crippen LogP contribution in [0, 0.1) is 0 Å². The Bertz CT molecular complexity index is 388. The lowest BCUT2D eigenvalue weighted by Crippen LogP contribution is -2.35. The van der Waals surface area contributed by atoms with E-state index in [9.17, 15) is 4.79 Å². The molecule has 124 valence electrons. The van der Waals surface area contributed by atoms with E-state index in [2.05, 4.69) is 19.2 Å². The molecule has 1 aromatic rings. The van der Waals surface area contributed by atoms with Gasteiger partial charge in [0, 0.05) is 6.04 Å². The highest BCUT2D eigenvalue weighted by Crippen LogP contribution is 2.12. The van der Waals surface area contributed by atoms with Crippen LogP contribution in [0.2, 0.25) is 0 Å². The second-order valence-corrected chi connectivity index (χ2v) is 6.27. The zero-order chi connectivity index (χ0) is 16.0. The van der Waals surface area contributed by atoms with Crippen LogP contribution in [0.5, 0.6) is 0 Å². The van der Waals surface area contributed by atoms with Crippen molar-refractivity contribution in [2.24, 2.45) is 0 Å². The average molecular weight is 303 g/mol. The molecule has 0 spiro atoms. The maximum absolute atomic E-state index is 12.2. The molecule has 22 heavy (non-hydrogen) atoms. The molecule has 0 aliphatic heterocycles. The Kier molecular flexibility index (Phi) is 10.4. The molecule has 1 amide bonds. The summed E-state index contributed by atoms with van der Waals surface area (Å²) < 4.78 is 0. The molecular weight excluding hydrogens is 270 g/mol. The number of amides is 1. The quantitative estimate of drug-likeness (QED) is 0.524. The molecule has 0 saturated heterocycles. The van der Waals surface area contributed by atoms with Crippen LogP contribution in [-0.4, -0.2) is 11.9 Å². The van der Waals surface area contributed by atoms with Crippen molar-refractivity contribution >= 4 is 5.91 Å². The van der Waals surface area contributed by atoms with Gasteiger partial charge in [-0.1, -0.05) is 89.1 Å². The first-order valence-corrected chi connectivity index (χ1v) is 9.09. The highest BCUT2D eigenvalue weighted by Gasteiger charge is 2.11. The number of carbonyl (C=O) groups excluding carboxylic acids is 1. The van der Waals surface area contributed by atoms with Crippen LogP contribution < -0.4 is 5.32 Å². The second kappa shape index (κ2) is 12.3. The SMILES string of the molecule is CCCCCCCCC(CCC)NC(=O)Cc1ccccc1. The third-order valence-electron chi connectivity index (χ3n) is 4.12. The van der Waals surface area contributed by atoms with Crippen molar-refractivity contribution in [3.63, 3.8) is 0 Å². The van der Waals surface area contributed by atoms with Crippen molar-refractivity contribution in [3.8, 4) is 0 Å². The molecule has 1 aromatic carbocycles. The lowest BCUT2D eigenvalue weighted by molar-refractivity contribution is -0.121. The molecule has 0 aliphatic rings. The maximum Gasteiger partial charge on any atom is 0.224 e. The number of hydrogen-bond donors (Lipinski definition) is 1. The van der Waals surface area contributed by atoms with E-state index in [4.69, 9.17) is 0 Å². The normalized spacial score (nSPS) is 12.1. The fourth-order valence-corrected chi connectivity index (χ4v) is 2.87. The first kappa shape index (κ1) is 18.7. The standard InChI is InChI=1S/C20H33NO/c1-3-5-6-7-8-12-16-19(13-4-2)21-20(22)17-18-14-10-9-11-15-18/h9-11,14-15,19H,3-8,12-13,16-17H2,1-2H3,(H,21,22). The van der Waals surface area contributed by atoms with Gasteiger partial charge in [0.05, 0.1) is 6.42 Å². The van der Waals surface area contributed by atoms with Gasteiger partial charge in [-0.05, 0) is 18.4 Å². The van der Waals surface area contributed by atoms with Gasteiger partial charge >= 0.3 is 0 Å². The molecule has 2 heteroatoms. The van der Waals surface area contributed by atoms with Crippen LogP contribution in [0.1, 0.15) is 77.2 Å². The van der Waals surface area contributed by atoms with E-state index in [1.54, 1.807) is 0 Å². The van der Waals surface area contributed by atoms with Crippen molar-refractivity contribution in [3.05, 3.63) is 35.9 Å². The van der Waals surface area contributed by atoms with Gasteiger partial charge in [-0.2, -0.15) is 0 Å². The summed E-state index contributed by atoms with van der Waals surface area (Å²) in [5.74, 6) is 0.163. The largest absolute Gasteiger partial charge is 0.353 e. The van der Waals surface area contributed by atoms with E-state index in [0.29, 0.717) is 12.5 Å². The van der Waals surface area contributed by atoms with Crippen molar-refractivity contribution in [2.75, 3.05) is 0 Å². The number of hydrogen-bond acceptors (Lipinski definition) is 1. The van der Waals surface area contributed by atoms with Gasteiger partial charge in [-0.3, -0.25) is 4.79 Å².